The van der Waals surface area contributed by atoms with E-state index in [4.69, 9.17) is 21.4 Å². The molecule has 0 spiro atoms. The number of ether oxygens (including phenoxy) is 1. The number of carboxylic acid groups (broad SMARTS) is 1. The zero-order chi connectivity index (χ0) is 14.3. The highest BCUT2D eigenvalue weighted by atomic mass is 35.5. The van der Waals surface area contributed by atoms with Crippen LogP contribution in [0.15, 0.2) is 12.1 Å². The number of halogens is 1. The van der Waals surface area contributed by atoms with E-state index < -0.39 is 5.97 Å². The van der Waals surface area contributed by atoms with Gasteiger partial charge < -0.3 is 9.84 Å². The number of pyridine rings is 1. The third-order valence-corrected chi connectivity index (χ3v) is 3.11. The standard InChI is InChI=1S/C14H20ClNO3/c1-3-4-5-6-7-10(2)19-12-9-8-11(15)13(16-12)14(17)18/h8-10H,3-7H2,1-2H3,(H,17,18). The van der Waals surface area contributed by atoms with Gasteiger partial charge in [-0.2, -0.15) is 0 Å². The average molecular weight is 286 g/mol. The molecule has 0 radical (unpaired) electrons. The summed E-state index contributed by atoms with van der Waals surface area (Å²) in [6.07, 6.45) is 5.69. The van der Waals surface area contributed by atoms with Crippen molar-refractivity contribution in [3.63, 3.8) is 0 Å². The Morgan fingerprint density at radius 2 is 2.16 bits per heavy atom. The van der Waals surface area contributed by atoms with Crippen molar-refractivity contribution in [2.75, 3.05) is 0 Å². The second-order valence-electron chi connectivity index (χ2n) is 4.56. The van der Waals surface area contributed by atoms with Crippen LogP contribution in [0, 0.1) is 0 Å². The highest BCUT2D eigenvalue weighted by Gasteiger charge is 2.13. The second-order valence-corrected chi connectivity index (χ2v) is 4.97. The van der Waals surface area contributed by atoms with Crippen molar-refractivity contribution in [3.8, 4) is 5.88 Å². The molecule has 1 atom stereocenters. The molecule has 1 unspecified atom stereocenters. The van der Waals surface area contributed by atoms with Crippen molar-refractivity contribution >= 4 is 17.6 Å². The van der Waals surface area contributed by atoms with Crippen molar-refractivity contribution in [1.29, 1.82) is 0 Å². The van der Waals surface area contributed by atoms with Gasteiger partial charge in [0.05, 0.1) is 11.1 Å². The van der Waals surface area contributed by atoms with Gasteiger partial charge >= 0.3 is 5.97 Å². The second kappa shape index (κ2) is 8.00. The minimum Gasteiger partial charge on any atom is -0.476 e. The summed E-state index contributed by atoms with van der Waals surface area (Å²) in [5.74, 6) is -0.837. The number of carbonyl (C=O) groups is 1. The summed E-state index contributed by atoms with van der Waals surface area (Å²) in [5, 5.41) is 9.04. The SMILES string of the molecule is CCCCCCC(C)Oc1ccc(Cl)c(C(=O)O)n1. The lowest BCUT2D eigenvalue weighted by Gasteiger charge is -2.14. The van der Waals surface area contributed by atoms with E-state index in [1.165, 1.54) is 25.3 Å². The van der Waals surface area contributed by atoms with Crippen LogP contribution in [0.2, 0.25) is 5.02 Å². The number of aromatic carboxylic acids is 1. The van der Waals surface area contributed by atoms with Crippen molar-refractivity contribution in [1.82, 2.24) is 4.98 Å². The van der Waals surface area contributed by atoms with Gasteiger partial charge in [-0.25, -0.2) is 9.78 Å². The maximum absolute atomic E-state index is 10.9. The molecule has 1 heterocycles. The van der Waals surface area contributed by atoms with Gasteiger partial charge in [-0.05, 0) is 25.8 Å². The molecule has 0 bridgehead atoms. The van der Waals surface area contributed by atoms with Crippen LogP contribution >= 0.6 is 11.6 Å². The number of unbranched alkanes of at least 4 members (excludes halogenated alkanes) is 3. The third-order valence-electron chi connectivity index (χ3n) is 2.81. The van der Waals surface area contributed by atoms with E-state index >= 15 is 0 Å². The zero-order valence-corrected chi connectivity index (χ0v) is 12.1. The van der Waals surface area contributed by atoms with Gasteiger partial charge in [0.1, 0.15) is 0 Å². The monoisotopic (exact) mass is 285 g/mol. The predicted octanol–water partition coefficient (Wildman–Crippen LogP) is 4.17. The summed E-state index contributed by atoms with van der Waals surface area (Å²) in [5.41, 5.74) is -0.169. The first-order valence-corrected chi connectivity index (χ1v) is 6.99. The molecule has 0 fully saturated rings. The van der Waals surface area contributed by atoms with Gasteiger partial charge in [0, 0.05) is 6.07 Å². The Labute approximate surface area is 118 Å². The minimum atomic E-state index is -1.15. The van der Waals surface area contributed by atoms with E-state index in [9.17, 15) is 4.79 Å². The fourth-order valence-corrected chi connectivity index (χ4v) is 1.95. The van der Waals surface area contributed by atoms with Crippen molar-refractivity contribution in [2.24, 2.45) is 0 Å². The quantitative estimate of drug-likeness (QED) is 0.728. The Bertz CT molecular complexity index is 423. The first kappa shape index (κ1) is 15.8. The van der Waals surface area contributed by atoms with Gasteiger partial charge in [-0.3, -0.25) is 0 Å². The maximum Gasteiger partial charge on any atom is 0.356 e. The Kier molecular flexibility index (Phi) is 6.64. The molecule has 1 aromatic heterocycles. The molecule has 106 valence electrons. The molecule has 0 aliphatic rings. The summed E-state index contributed by atoms with van der Waals surface area (Å²) >= 11 is 5.75. The lowest BCUT2D eigenvalue weighted by molar-refractivity contribution is 0.0688. The number of hydrogen-bond acceptors (Lipinski definition) is 3. The summed E-state index contributed by atoms with van der Waals surface area (Å²) < 4.78 is 5.61. The van der Waals surface area contributed by atoms with Crippen LogP contribution in [0.5, 0.6) is 5.88 Å². The molecule has 1 rings (SSSR count). The van der Waals surface area contributed by atoms with E-state index in [2.05, 4.69) is 11.9 Å². The molecule has 0 saturated heterocycles. The Balaban J connectivity index is 2.52. The fourth-order valence-electron chi connectivity index (χ4n) is 1.76. The summed E-state index contributed by atoms with van der Waals surface area (Å²) in [6, 6.07) is 3.09. The molecule has 0 aromatic carbocycles. The van der Waals surface area contributed by atoms with Gasteiger partial charge in [-0.1, -0.05) is 37.8 Å². The van der Waals surface area contributed by atoms with Crippen molar-refractivity contribution < 1.29 is 14.6 Å². The Hall–Kier alpha value is -1.29. The molecule has 0 saturated carbocycles. The van der Waals surface area contributed by atoms with Gasteiger partial charge in [0.2, 0.25) is 5.88 Å². The van der Waals surface area contributed by atoms with Crippen LogP contribution in [0.3, 0.4) is 0 Å². The fraction of sp³-hybridized carbons (Fsp3) is 0.571. The number of carboxylic acids is 1. The van der Waals surface area contributed by atoms with Gasteiger partial charge in [0.15, 0.2) is 5.69 Å². The number of aromatic nitrogens is 1. The molecule has 5 heteroatoms. The molecule has 0 amide bonds. The van der Waals surface area contributed by atoms with Crippen LogP contribution in [0.4, 0.5) is 0 Å². The smallest absolute Gasteiger partial charge is 0.356 e. The molecule has 1 N–H and O–H groups in total. The highest BCUT2D eigenvalue weighted by Crippen LogP contribution is 2.19. The van der Waals surface area contributed by atoms with E-state index in [0.717, 1.165) is 12.8 Å². The summed E-state index contributed by atoms with van der Waals surface area (Å²) in [7, 11) is 0. The Morgan fingerprint density at radius 1 is 1.42 bits per heavy atom. The van der Waals surface area contributed by atoms with Crippen LogP contribution in [-0.4, -0.2) is 22.2 Å². The zero-order valence-electron chi connectivity index (χ0n) is 11.4. The highest BCUT2D eigenvalue weighted by molar-refractivity contribution is 6.33. The first-order chi connectivity index (χ1) is 9.04. The molecule has 19 heavy (non-hydrogen) atoms. The minimum absolute atomic E-state index is 0.0205. The average Bonchev–Trinajstić information content (AvgIpc) is 2.36. The summed E-state index contributed by atoms with van der Waals surface area (Å²) in [4.78, 5) is 14.8. The van der Waals surface area contributed by atoms with E-state index in [1.807, 2.05) is 6.92 Å². The maximum atomic E-state index is 10.9. The van der Waals surface area contributed by atoms with Crippen LogP contribution in [0.25, 0.3) is 0 Å². The Morgan fingerprint density at radius 3 is 2.79 bits per heavy atom. The molecular formula is C14H20ClNO3. The largest absolute Gasteiger partial charge is 0.476 e. The van der Waals surface area contributed by atoms with Crippen molar-refractivity contribution in [2.45, 2.75) is 52.1 Å². The van der Waals surface area contributed by atoms with Crippen molar-refractivity contribution in [3.05, 3.63) is 22.8 Å². The number of nitrogens with zero attached hydrogens (tertiary/aromatic N) is 1. The lowest BCUT2D eigenvalue weighted by Crippen LogP contribution is -2.13. The van der Waals surface area contributed by atoms with Crippen LogP contribution in [-0.2, 0) is 0 Å². The molecule has 0 aliphatic heterocycles. The van der Waals surface area contributed by atoms with Gasteiger partial charge in [0.25, 0.3) is 0 Å². The predicted molar refractivity (Wildman–Crippen MR) is 75.1 cm³/mol. The molecule has 4 nitrogen and oxygen atoms in total. The normalized spacial score (nSPS) is 12.2. The first-order valence-electron chi connectivity index (χ1n) is 6.61. The van der Waals surface area contributed by atoms with E-state index in [1.54, 1.807) is 6.07 Å². The van der Waals surface area contributed by atoms with Gasteiger partial charge in [-0.15, -0.1) is 0 Å². The molecule has 1 aromatic rings. The summed E-state index contributed by atoms with van der Waals surface area (Å²) in [6.45, 7) is 4.13. The topological polar surface area (TPSA) is 59.4 Å². The van der Waals surface area contributed by atoms with Crippen LogP contribution < -0.4 is 4.74 Å². The van der Waals surface area contributed by atoms with E-state index in [0.29, 0.717) is 5.88 Å². The molecular weight excluding hydrogens is 266 g/mol. The number of hydrogen-bond donors (Lipinski definition) is 1. The molecule has 0 aliphatic carbocycles. The third kappa shape index (κ3) is 5.47. The van der Waals surface area contributed by atoms with Crippen LogP contribution in [0.1, 0.15) is 56.4 Å². The lowest BCUT2D eigenvalue weighted by atomic mass is 10.1. The number of rotatable bonds is 8. The van der Waals surface area contributed by atoms with E-state index in [-0.39, 0.29) is 16.8 Å².